The average Bonchev–Trinajstić information content (AvgIpc) is 3.17. The molecular weight excluding hydrogens is 387 g/mol. The molecule has 0 spiro atoms. The predicted octanol–water partition coefficient (Wildman–Crippen LogP) is 3.87. The van der Waals surface area contributed by atoms with Gasteiger partial charge in [-0.25, -0.2) is 4.98 Å². The number of guanidine groups is 1. The van der Waals surface area contributed by atoms with Gasteiger partial charge in [-0.1, -0.05) is 38.1 Å². The third-order valence-corrected chi connectivity index (χ3v) is 5.11. The molecule has 1 aromatic carbocycles. The maximum absolute atomic E-state index is 12.6. The number of thiazole rings is 1. The first kappa shape index (κ1) is 22.2. The molecule has 28 heavy (non-hydrogen) atoms. The van der Waals surface area contributed by atoms with Crippen LogP contribution in [-0.2, 0) is 25.8 Å². The summed E-state index contributed by atoms with van der Waals surface area (Å²) in [6.07, 6.45) is -4.41. The molecule has 0 aliphatic heterocycles. The molecule has 9 heteroatoms. The van der Waals surface area contributed by atoms with Crippen LogP contribution in [0.15, 0.2) is 34.6 Å². The Balaban J connectivity index is 1.82. The third kappa shape index (κ3) is 6.79. The number of aromatic nitrogens is 1. The fourth-order valence-electron chi connectivity index (χ4n) is 2.56. The summed E-state index contributed by atoms with van der Waals surface area (Å²) in [5.74, 6) is 0.510. The van der Waals surface area contributed by atoms with Gasteiger partial charge in [-0.2, -0.15) is 13.2 Å². The van der Waals surface area contributed by atoms with Crippen LogP contribution in [0.5, 0.6) is 0 Å². The number of hydrogen-bond acceptors (Lipinski definition) is 4. The van der Waals surface area contributed by atoms with Crippen LogP contribution in [0.1, 0.15) is 35.7 Å². The van der Waals surface area contributed by atoms with E-state index in [1.54, 1.807) is 7.05 Å². The molecule has 0 unspecified atom stereocenters. The Morgan fingerprint density at radius 2 is 1.68 bits per heavy atom. The highest BCUT2D eigenvalue weighted by atomic mass is 32.1. The average molecular weight is 414 g/mol. The summed E-state index contributed by atoms with van der Waals surface area (Å²) in [5.41, 5.74) is 1.50. The van der Waals surface area contributed by atoms with Crippen LogP contribution in [0, 0.1) is 0 Å². The molecule has 0 saturated carbocycles. The van der Waals surface area contributed by atoms with Gasteiger partial charge in [0.15, 0.2) is 11.7 Å². The number of nitrogens with zero attached hydrogens (tertiary/aromatic N) is 3. The van der Waals surface area contributed by atoms with Crippen LogP contribution in [0.25, 0.3) is 0 Å². The minimum atomic E-state index is -4.41. The topological polar surface area (TPSA) is 52.5 Å². The van der Waals surface area contributed by atoms with E-state index in [1.807, 2.05) is 0 Å². The van der Waals surface area contributed by atoms with E-state index < -0.39 is 11.9 Å². The lowest BCUT2D eigenvalue weighted by molar-refractivity contribution is -0.140. The van der Waals surface area contributed by atoms with Crippen molar-refractivity contribution in [3.8, 4) is 0 Å². The predicted molar refractivity (Wildman–Crippen MR) is 107 cm³/mol. The molecular formula is C19H26F3N5S. The molecule has 5 nitrogen and oxygen atoms in total. The van der Waals surface area contributed by atoms with Gasteiger partial charge >= 0.3 is 6.18 Å². The van der Waals surface area contributed by atoms with E-state index in [9.17, 15) is 13.2 Å². The van der Waals surface area contributed by atoms with Crippen molar-refractivity contribution in [3.05, 3.63) is 51.5 Å². The molecule has 0 fully saturated rings. The smallest absolute Gasteiger partial charge is 0.352 e. The first-order valence-corrected chi connectivity index (χ1v) is 10.00. The fourth-order valence-corrected chi connectivity index (χ4v) is 3.30. The van der Waals surface area contributed by atoms with E-state index in [0.29, 0.717) is 17.5 Å². The third-order valence-electron chi connectivity index (χ3n) is 4.26. The number of nitrogens with one attached hydrogen (secondary N) is 2. The lowest BCUT2D eigenvalue weighted by atomic mass is 10.1. The monoisotopic (exact) mass is 413 g/mol. The Bertz CT molecular complexity index is 752. The SMILES string of the molecule is CCN(CC)Cc1ccc(CNC(=NC)NCc2nc(C(F)(F)F)cs2)cc1. The van der Waals surface area contributed by atoms with Gasteiger partial charge in [-0.05, 0) is 24.2 Å². The Kier molecular flexibility index (Phi) is 8.25. The van der Waals surface area contributed by atoms with Crippen molar-refractivity contribution in [1.29, 1.82) is 0 Å². The molecule has 154 valence electrons. The summed E-state index contributed by atoms with van der Waals surface area (Å²) < 4.78 is 37.8. The fraction of sp³-hybridized carbons (Fsp3) is 0.474. The summed E-state index contributed by atoms with van der Waals surface area (Å²) in [6, 6.07) is 8.35. The zero-order chi connectivity index (χ0) is 20.6. The molecule has 1 heterocycles. The minimum absolute atomic E-state index is 0.184. The lowest BCUT2D eigenvalue weighted by Gasteiger charge is -2.18. The summed E-state index contributed by atoms with van der Waals surface area (Å²) in [6.45, 7) is 8.01. The summed E-state index contributed by atoms with van der Waals surface area (Å²) in [4.78, 5) is 10.0. The summed E-state index contributed by atoms with van der Waals surface area (Å²) in [5, 5.41) is 7.52. The van der Waals surface area contributed by atoms with Crippen LogP contribution >= 0.6 is 11.3 Å². The van der Waals surface area contributed by atoms with Gasteiger partial charge in [0.25, 0.3) is 0 Å². The molecule has 2 rings (SSSR count). The van der Waals surface area contributed by atoms with Gasteiger partial charge in [-0.15, -0.1) is 11.3 Å². The maximum atomic E-state index is 12.6. The molecule has 1 aromatic heterocycles. The Labute approximate surface area is 167 Å². The van der Waals surface area contributed by atoms with Gasteiger partial charge in [0.05, 0.1) is 6.54 Å². The quantitative estimate of drug-likeness (QED) is 0.510. The van der Waals surface area contributed by atoms with Gasteiger partial charge < -0.3 is 10.6 Å². The number of aliphatic imine (C=N–C) groups is 1. The zero-order valence-corrected chi connectivity index (χ0v) is 17.1. The van der Waals surface area contributed by atoms with Crippen LogP contribution < -0.4 is 10.6 Å². The molecule has 0 atom stereocenters. The molecule has 0 bridgehead atoms. The molecule has 2 N–H and O–H groups in total. The van der Waals surface area contributed by atoms with Gasteiger partial charge in [-0.3, -0.25) is 9.89 Å². The minimum Gasteiger partial charge on any atom is -0.352 e. The normalized spacial score (nSPS) is 12.5. The van der Waals surface area contributed by atoms with Crippen LogP contribution in [0.2, 0.25) is 0 Å². The van der Waals surface area contributed by atoms with Crippen molar-refractivity contribution in [3.63, 3.8) is 0 Å². The highest BCUT2D eigenvalue weighted by Gasteiger charge is 2.33. The molecule has 0 radical (unpaired) electrons. The number of hydrogen-bond donors (Lipinski definition) is 2. The Morgan fingerprint density at radius 3 is 2.21 bits per heavy atom. The first-order valence-electron chi connectivity index (χ1n) is 9.12. The number of benzene rings is 1. The van der Waals surface area contributed by atoms with E-state index in [-0.39, 0.29) is 6.54 Å². The zero-order valence-electron chi connectivity index (χ0n) is 16.3. The van der Waals surface area contributed by atoms with Gasteiger partial charge in [0.1, 0.15) is 5.01 Å². The van der Waals surface area contributed by atoms with Crippen LogP contribution in [0.3, 0.4) is 0 Å². The van der Waals surface area contributed by atoms with E-state index in [0.717, 1.165) is 41.9 Å². The van der Waals surface area contributed by atoms with E-state index >= 15 is 0 Å². The summed E-state index contributed by atoms with van der Waals surface area (Å²) in [7, 11) is 1.62. The molecule has 0 saturated heterocycles. The van der Waals surface area contributed by atoms with Crippen molar-refractivity contribution in [2.45, 2.75) is 39.7 Å². The Hall–Kier alpha value is -2.13. The lowest BCUT2D eigenvalue weighted by Crippen LogP contribution is -2.36. The summed E-state index contributed by atoms with van der Waals surface area (Å²) >= 11 is 0.973. The first-order chi connectivity index (χ1) is 13.4. The second-order valence-electron chi connectivity index (χ2n) is 6.18. The van der Waals surface area contributed by atoms with E-state index in [1.165, 1.54) is 5.56 Å². The van der Waals surface area contributed by atoms with Crippen LogP contribution in [-0.4, -0.2) is 36.0 Å². The second-order valence-corrected chi connectivity index (χ2v) is 7.12. The van der Waals surface area contributed by atoms with E-state index in [4.69, 9.17) is 0 Å². The molecule has 0 aliphatic rings. The van der Waals surface area contributed by atoms with Crippen molar-refractivity contribution in [2.75, 3.05) is 20.1 Å². The molecule has 0 aliphatic carbocycles. The van der Waals surface area contributed by atoms with Crippen molar-refractivity contribution in [2.24, 2.45) is 4.99 Å². The van der Waals surface area contributed by atoms with Gasteiger partial charge in [0, 0.05) is 25.5 Å². The Morgan fingerprint density at radius 1 is 1.07 bits per heavy atom. The molecule has 0 amide bonds. The largest absolute Gasteiger partial charge is 0.434 e. The van der Waals surface area contributed by atoms with Crippen molar-refractivity contribution < 1.29 is 13.2 Å². The van der Waals surface area contributed by atoms with Crippen molar-refractivity contribution >= 4 is 17.3 Å². The highest BCUT2D eigenvalue weighted by Crippen LogP contribution is 2.29. The highest BCUT2D eigenvalue weighted by molar-refractivity contribution is 7.09. The number of rotatable bonds is 8. The molecule has 2 aromatic rings. The maximum Gasteiger partial charge on any atom is 0.434 e. The van der Waals surface area contributed by atoms with Crippen LogP contribution in [0.4, 0.5) is 13.2 Å². The van der Waals surface area contributed by atoms with E-state index in [2.05, 4.69) is 63.6 Å². The standard InChI is InChI=1S/C19H26F3N5S/c1-4-27(5-2)12-15-8-6-14(7-9-15)10-24-18(23-3)25-11-17-26-16(13-28-17)19(20,21)22/h6-9,13H,4-5,10-12H2,1-3H3,(H2,23,24,25). The number of alkyl halides is 3. The number of halogens is 3. The van der Waals surface area contributed by atoms with Crippen molar-refractivity contribution in [1.82, 2.24) is 20.5 Å². The van der Waals surface area contributed by atoms with Gasteiger partial charge in [0.2, 0.25) is 0 Å². The second kappa shape index (κ2) is 10.4.